The van der Waals surface area contributed by atoms with Crippen LogP contribution in [0, 0.1) is 11.3 Å². The number of alkyl halides is 3. The fourth-order valence-electron chi connectivity index (χ4n) is 12.8. The summed E-state index contributed by atoms with van der Waals surface area (Å²) in [6.45, 7) is 0. The number of aromatic nitrogens is 6. The number of hydrogen-bond acceptors (Lipinski definition) is 5. The molecule has 0 aliphatic carbocycles. The highest BCUT2D eigenvalue weighted by atomic mass is 19.4. The minimum absolute atomic E-state index is 0.274. The molecule has 7 nitrogen and oxygen atoms in total. The molecule has 10 aromatic carbocycles. The van der Waals surface area contributed by atoms with Gasteiger partial charge in [-0.05, 0) is 103 Å². The summed E-state index contributed by atoms with van der Waals surface area (Å²) in [5, 5.41) is 15.5. The molecule has 6 heterocycles. The maximum absolute atomic E-state index is 15.3. The second-order valence-electron chi connectivity index (χ2n) is 22.8. The summed E-state index contributed by atoms with van der Waals surface area (Å²) in [5.41, 5.74) is 17.5. The molecule has 0 aliphatic heterocycles. The lowest BCUT2D eigenvalue weighted by atomic mass is 9.97. The SMILES string of the molecule is N#Cc1cc(-n2c3cc(-c4cccc(-c5ccccc5)n4)ccc3c3ccc(-c4cccc(-c5ccccc5)n4)cc32)c(-c2cccc(C(F)(F)F)c2)cc1-n1c2cc(-c3cccc(-c4ccccc4)n3)ccc2c2ccc(-c3cccc(-c4ccccc4)n3)cc21. The molecule has 0 atom stereocenters. The van der Waals surface area contributed by atoms with E-state index in [1.165, 1.54) is 12.1 Å². The van der Waals surface area contributed by atoms with Crippen molar-refractivity contribution in [3.05, 3.63) is 314 Å². The molecule has 16 aromatic rings. The Labute approximate surface area is 527 Å². The normalized spacial score (nSPS) is 11.6. The lowest BCUT2D eigenvalue weighted by Crippen LogP contribution is -2.06. The largest absolute Gasteiger partial charge is 0.416 e. The van der Waals surface area contributed by atoms with Gasteiger partial charge in [0.15, 0.2) is 0 Å². The maximum Gasteiger partial charge on any atom is 0.416 e. The van der Waals surface area contributed by atoms with Gasteiger partial charge in [0.2, 0.25) is 0 Å². The van der Waals surface area contributed by atoms with Gasteiger partial charge in [-0.3, -0.25) is 0 Å². The monoisotopic (exact) mass is 1190 g/mol. The van der Waals surface area contributed by atoms with Crippen LogP contribution in [0.25, 0.3) is 156 Å². The first-order valence-corrected chi connectivity index (χ1v) is 30.2. The van der Waals surface area contributed by atoms with E-state index in [2.05, 4.69) is 88.0 Å². The van der Waals surface area contributed by atoms with E-state index in [9.17, 15) is 5.26 Å². The van der Waals surface area contributed by atoms with Crippen LogP contribution in [0.1, 0.15) is 11.1 Å². The van der Waals surface area contributed by atoms with Crippen molar-refractivity contribution >= 4 is 43.6 Å². The van der Waals surface area contributed by atoms with Crippen molar-refractivity contribution in [1.29, 1.82) is 5.26 Å². The highest BCUT2D eigenvalue weighted by Crippen LogP contribution is 2.45. The fraction of sp³-hybridized carbons (Fsp3) is 0.0122. The third-order valence-corrected chi connectivity index (χ3v) is 17.2. The second-order valence-corrected chi connectivity index (χ2v) is 22.8. The van der Waals surface area contributed by atoms with Crippen LogP contribution in [0.5, 0.6) is 0 Å². The van der Waals surface area contributed by atoms with Gasteiger partial charge in [-0.15, -0.1) is 0 Å². The van der Waals surface area contributed by atoms with Crippen molar-refractivity contribution in [3.63, 3.8) is 0 Å². The van der Waals surface area contributed by atoms with E-state index < -0.39 is 11.7 Å². The summed E-state index contributed by atoms with van der Waals surface area (Å²) in [6, 6.07) is 101. The van der Waals surface area contributed by atoms with Crippen LogP contribution in [0.15, 0.2) is 303 Å². The fourth-order valence-corrected chi connectivity index (χ4v) is 12.8. The van der Waals surface area contributed by atoms with E-state index in [-0.39, 0.29) is 5.56 Å². The van der Waals surface area contributed by atoms with Gasteiger partial charge >= 0.3 is 6.18 Å². The van der Waals surface area contributed by atoms with Crippen LogP contribution in [-0.2, 0) is 6.18 Å². The Morgan fingerprint density at radius 3 is 0.880 bits per heavy atom. The summed E-state index contributed by atoms with van der Waals surface area (Å²) >= 11 is 0. The zero-order valence-corrected chi connectivity index (χ0v) is 49.1. The third kappa shape index (κ3) is 10.0. The van der Waals surface area contributed by atoms with Crippen molar-refractivity contribution in [2.45, 2.75) is 6.18 Å². The minimum atomic E-state index is -4.68. The number of pyridine rings is 4. The summed E-state index contributed by atoms with van der Waals surface area (Å²) in [5.74, 6) is 0. The molecule has 0 amide bonds. The summed E-state index contributed by atoms with van der Waals surface area (Å²) < 4.78 is 49.9. The molecule has 0 radical (unpaired) electrons. The van der Waals surface area contributed by atoms with Crippen molar-refractivity contribution in [3.8, 4) is 119 Å². The first-order valence-electron chi connectivity index (χ1n) is 30.2. The molecule has 16 rings (SSSR count). The van der Waals surface area contributed by atoms with Crippen LogP contribution < -0.4 is 0 Å². The summed E-state index contributed by atoms with van der Waals surface area (Å²) in [4.78, 5) is 20.7. The summed E-state index contributed by atoms with van der Waals surface area (Å²) in [6.07, 6.45) is -4.68. The number of halogens is 3. The second kappa shape index (κ2) is 22.7. The predicted molar refractivity (Wildman–Crippen MR) is 365 cm³/mol. The Morgan fingerprint density at radius 1 is 0.272 bits per heavy atom. The number of benzene rings is 10. The number of fused-ring (bicyclic) bond motifs is 6. The van der Waals surface area contributed by atoms with E-state index in [1.807, 2.05) is 206 Å². The molecular formula is C82H50F3N7. The van der Waals surface area contributed by atoms with Crippen LogP contribution in [0.4, 0.5) is 13.2 Å². The molecule has 434 valence electrons. The lowest BCUT2D eigenvalue weighted by Gasteiger charge is -2.20. The number of nitrogens with zero attached hydrogens (tertiary/aromatic N) is 7. The molecular weight excluding hydrogens is 1140 g/mol. The lowest BCUT2D eigenvalue weighted by molar-refractivity contribution is -0.137. The predicted octanol–water partition coefficient (Wildman–Crippen LogP) is 21.4. The molecule has 10 heteroatoms. The number of hydrogen-bond donors (Lipinski definition) is 0. The zero-order valence-electron chi connectivity index (χ0n) is 49.1. The molecule has 0 saturated heterocycles. The molecule has 0 unspecified atom stereocenters. The van der Waals surface area contributed by atoms with Crippen LogP contribution >= 0.6 is 0 Å². The molecule has 92 heavy (non-hydrogen) atoms. The van der Waals surface area contributed by atoms with Gasteiger partial charge < -0.3 is 9.13 Å². The van der Waals surface area contributed by atoms with Crippen LogP contribution in [0.3, 0.4) is 0 Å². The Morgan fingerprint density at radius 2 is 0.565 bits per heavy atom. The Bertz CT molecular complexity index is 5300. The van der Waals surface area contributed by atoms with Crippen LogP contribution in [0.2, 0.25) is 0 Å². The van der Waals surface area contributed by atoms with Crippen molar-refractivity contribution in [1.82, 2.24) is 29.1 Å². The molecule has 6 aromatic heterocycles. The van der Waals surface area contributed by atoms with E-state index in [1.54, 1.807) is 6.07 Å². The van der Waals surface area contributed by atoms with E-state index in [0.717, 1.165) is 140 Å². The molecule has 0 bridgehead atoms. The highest BCUT2D eigenvalue weighted by Gasteiger charge is 2.31. The molecule has 0 saturated carbocycles. The van der Waals surface area contributed by atoms with E-state index in [4.69, 9.17) is 19.9 Å². The van der Waals surface area contributed by atoms with Crippen molar-refractivity contribution < 1.29 is 13.2 Å². The van der Waals surface area contributed by atoms with Crippen LogP contribution in [-0.4, -0.2) is 29.1 Å². The van der Waals surface area contributed by atoms with Gasteiger partial charge in [0.05, 0.1) is 90.1 Å². The first-order chi connectivity index (χ1) is 45.2. The van der Waals surface area contributed by atoms with Gasteiger partial charge in [0.1, 0.15) is 6.07 Å². The molecule has 0 aliphatic rings. The summed E-state index contributed by atoms with van der Waals surface area (Å²) in [7, 11) is 0. The molecule has 0 N–H and O–H groups in total. The Balaban J connectivity index is 0.980. The van der Waals surface area contributed by atoms with E-state index in [0.29, 0.717) is 22.5 Å². The van der Waals surface area contributed by atoms with Gasteiger partial charge in [-0.1, -0.05) is 206 Å². The van der Waals surface area contributed by atoms with Crippen molar-refractivity contribution in [2.24, 2.45) is 0 Å². The molecule has 0 spiro atoms. The first kappa shape index (κ1) is 55.0. The third-order valence-electron chi connectivity index (χ3n) is 17.2. The highest BCUT2D eigenvalue weighted by molar-refractivity contribution is 6.13. The van der Waals surface area contributed by atoms with Crippen molar-refractivity contribution in [2.75, 3.05) is 0 Å². The number of nitriles is 1. The topological polar surface area (TPSA) is 85.2 Å². The Hall–Kier alpha value is -12.3. The zero-order chi connectivity index (χ0) is 61.9. The maximum atomic E-state index is 15.3. The molecule has 0 fully saturated rings. The van der Waals surface area contributed by atoms with E-state index >= 15 is 13.2 Å². The van der Waals surface area contributed by atoms with Gasteiger partial charge in [0, 0.05) is 71.6 Å². The smallest absolute Gasteiger partial charge is 0.309 e. The average Bonchev–Trinajstić information content (AvgIpc) is 2.89. The minimum Gasteiger partial charge on any atom is -0.309 e. The average molecular weight is 1190 g/mol. The standard InChI is InChI=1S/C82H50F3N7/c83-82(84,85)62-27-13-26-56(44-62)67-50-76(91-77-45-57(72-32-14-28-68(87-72)52-18-5-1-6-19-52)36-40-63(77)64-41-37-58(46-78(64)91)73-33-15-29-69(88-73)53-20-7-2-8-21-53)61(51-86)49-81(67)92-79-47-59(74-34-16-30-70(89-74)54-22-9-3-10-23-54)38-42-65(79)66-43-39-60(48-80(66)92)75-35-17-31-71(90-75)55-24-11-4-12-25-55/h1-50H. The van der Waals surface area contributed by atoms with Gasteiger partial charge in [-0.2, -0.15) is 18.4 Å². The van der Waals surface area contributed by atoms with Gasteiger partial charge in [-0.25, -0.2) is 19.9 Å². The van der Waals surface area contributed by atoms with Gasteiger partial charge in [0.25, 0.3) is 0 Å². The quantitative estimate of drug-likeness (QED) is 0.129. The Kier molecular flexibility index (Phi) is 13.6. The number of rotatable bonds is 11.